The molecule has 0 bridgehead atoms. The zero-order valence-corrected chi connectivity index (χ0v) is 12.7. The Kier molecular flexibility index (Phi) is 3.29. The molecule has 0 radical (unpaired) electrons. The highest BCUT2D eigenvalue weighted by atomic mass is 16.1. The Morgan fingerprint density at radius 2 is 2.00 bits per heavy atom. The molecule has 0 saturated heterocycles. The van der Waals surface area contributed by atoms with Crippen LogP contribution in [0.2, 0.25) is 0 Å². The summed E-state index contributed by atoms with van der Waals surface area (Å²) in [6.07, 6.45) is 1.48. The average Bonchev–Trinajstić information content (AvgIpc) is 2.86. The standard InChI is InChI=1S/C16H17N5O/c1-9-4-5-13(10(2)6-9)20-16(22)12-8-18-21-14(17)7-11(3)19-15(12)21/h4-8H,17H2,1-3H3,(H,20,22). The van der Waals surface area contributed by atoms with Crippen LogP contribution >= 0.6 is 0 Å². The van der Waals surface area contributed by atoms with Gasteiger partial charge in [-0.05, 0) is 32.4 Å². The molecule has 0 saturated carbocycles. The van der Waals surface area contributed by atoms with E-state index in [1.54, 1.807) is 6.07 Å². The van der Waals surface area contributed by atoms with E-state index >= 15 is 0 Å². The number of amides is 1. The number of fused-ring (bicyclic) bond motifs is 1. The van der Waals surface area contributed by atoms with Crippen LogP contribution in [0.3, 0.4) is 0 Å². The molecule has 0 unspecified atom stereocenters. The Labute approximate surface area is 128 Å². The molecule has 2 aromatic heterocycles. The average molecular weight is 295 g/mol. The highest BCUT2D eigenvalue weighted by Gasteiger charge is 2.16. The van der Waals surface area contributed by atoms with Crippen LogP contribution < -0.4 is 11.1 Å². The number of carbonyl (C=O) groups excluding carboxylic acids is 1. The van der Waals surface area contributed by atoms with Gasteiger partial charge in [-0.3, -0.25) is 4.79 Å². The van der Waals surface area contributed by atoms with E-state index in [1.165, 1.54) is 10.7 Å². The molecule has 2 heterocycles. The maximum absolute atomic E-state index is 12.5. The quantitative estimate of drug-likeness (QED) is 0.760. The van der Waals surface area contributed by atoms with Gasteiger partial charge >= 0.3 is 0 Å². The first-order valence-electron chi connectivity index (χ1n) is 6.95. The Bertz CT molecular complexity index is 882. The van der Waals surface area contributed by atoms with Gasteiger partial charge in [-0.25, -0.2) is 4.98 Å². The number of anilines is 2. The number of hydrogen-bond donors (Lipinski definition) is 2. The highest BCUT2D eigenvalue weighted by Crippen LogP contribution is 2.19. The zero-order chi connectivity index (χ0) is 15.9. The summed E-state index contributed by atoms with van der Waals surface area (Å²) in [7, 11) is 0. The van der Waals surface area contributed by atoms with Crippen molar-refractivity contribution in [2.45, 2.75) is 20.8 Å². The fourth-order valence-electron chi connectivity index (χ4n) is 2.42. The third-order valence-electron chi connectivity index (χ3n) is 3.50. The second kappa shape index (κ2) is 5.14. The maximum Gasteiger partial charge on any atom is 0.261 e. The number of aromatic nitrogens is 3. The fourth-order valence-corrected chi connectivity index (χ4v) is 2.42. The topological polar surface area (TPSA) is 85.3 Å². The SMILES string of the molecule is Cc1ccc(NC(=O)c2cnn3c(N)cc(C)nc23)c(C)c1. The van der Waals surface area contributed by atoms with Gasteiger partial charge in [0.1, 0.15) is 11.4 Å². The summed E-state index contributed by atoms with van der Waals surface area (Å²) >= 11 is 0. The van der Waals surface area contributed by atoms with E-state index in [2.05, 4.69) is 15.4 Å². The van der Waals surface area contributed by atoms with E-state index in [4.69, 9.17) is 5.73 Å². The molecule has 0 aliphatic carbocycles. The van der Waals surface area contributed by atoms with E-state index < -0.39 is 0 Å². The van der Waals surface area contributed by atoms with Crippen LogP contribution in [0.25, 0.3) is 5.65 Å². The summed E-state index contributed by atoms with van der Waals surface area (Å²) in [6.45, 7) is 5.80. The van der Waals surface area contributed by atoms with Crippen LogP contribution in [-0.4, -0.2) is 20.5 Å². The minimum Gasteiger partial charge on any atom is -0.384 e. The lowest BCUT2D eigenvalue weighted by atomic mass is 10.1. The Balaban J connectivity index is 1.99. The lowest BCUT2D eigenvalue weighted by Crippen LogP contribution is -2.13. The fraction of sp³-hybridized carbons (Fsp3) is 0.188. The molecule has 3 N–H and O–H groups in total. The number of nitrogens with one attached hydrogen (secondary N) is 1. The number of nitrogen functional groups attached to an aromatic ring is 1. The Hall–Kier alpha value is -2.89. The first-order chi connectivity index (χ1) is 10.5. The first kappa shape index (κ1) is 14.1. The van der Waals surface area contributed by atoms with Crippen LogP contribution in [0.1, 0.15) is 27.2 Å². The summed E-state index contributed by atoms with van der Waals surface area (Å²) in [5.74, 6) is 0.201. The first-order valence-corrected chi connectivity index (χ1v) is 6.95. The monoisotopic (exact) mass is 295 g/mol. The third-order valence-corrected chi connectivity index (χ3v) is 3.50. The number of aryl methyl sites for hydroxylation is 3. The molecule has 0 fully saturated rings. The van der Waals surface area contributed by atoms with Crippen molar-refractivity contribution in [1.29, 1.82) is 0 Å². The molecule has 0 aliphatic rings. The molecule has 0 aliphatic heterocycles. The maximum atomic E-state index is 12.5. The highest BCUT2D eigenvalue weighted by molar-refractivity contribution is 6.08. The van der Waals surface area contributed by atoms with Crippen molar-refractivity contribution in [2.24, 2.45) is 0 Å². The molecule has 22 heavy (non-hydrogen) atoms. The van der Waals surface area contributed by atoms with Gasteiger partial charge in [-0.1, -0.05) is 17.7 Å². The summed E-state index contributed by atoms with van der Waals surface area (Å²) in [4.78, 5) is 16.9. The number of carbonyl (C=O) groups is 1. The van der Waals surface area contributed by atoms with E-state index in [9.17, 15) is 4.79 Å². The van der Waals surface area contributed by atoms with Crippen LogP contribution in [0.5, 0.6) is 0 Å². The smallest absolute Gasteiger partial charge is 0.261 e. The number of rotatable bonds is 2. The van der Waals surface area contributed by atoms with Gasteiger partial charge in [0, 0.05) is 17.4 Å². The number of hydrogen-bond acceptors (Lipinski definition) is 4. The van der Waals surface area contributed by atoms with Gasteiger partial charge in [0.15, 0.2) is 5.65 Å². The Morgan fingerprint density at radius 1 is 1.23 bits per heavy atom. The Morgan fingerprint density at radius 3 is 2.73 bits per heavy atom. The summed E-state index contributed by atoms with van der Waals surface area (Å²) in [6, 6.07) is 7.58. The van der Waals surface area contributed by atoms with E-state index in [-0.39, 0.29) is 5.91 Å². The van der Waals surface area contributed by atoms with E-state index in [1.807, 2.05) is 39.0 Å². The number of nitrogens with zero attached hydrogens (tertiary/aromatic N) is 3. The molecule has 3 aromatic rings. The van der Waals surface area contributed by atoms with Crippen molar-refractivity contribution in [3.8, 4) is 0 Å². The van der Waals surface area contributed by atoms with Gasteiger partial charge in [-0.2, -0.15) is 9.61 Å². The lowest BCUT2D eigenvalue weighted by molar-refractivity contribution is 0.102. The predicted molar refractivity (Wildman–Crippen MR) is 86.0 cm³/mol. The molecule has 1 amide bonds. The number of nitrogens with two attached hydrogens (primary N) is 1. The molecular formula is C16H17N5O. The third kappa shape index (κ3) is 2.39. The van der Waals surface area contributed by atoms with E-state index in [0.29, 0.717) is 17.0 Å². The van der Waals surface area contributed by atoms with Crippen molar-refractivity contribution in [1.82, 2.24) is 14.6 Å². The second-order valence-electron chi connectivity index (χ2n) is 5.39. The van der Waals surface area contributed by atoms with Crippen molar-refractivity contribution in [3.05, 3.63) is 52.8 Å². The molecule has 112 valence electrons. The van der Waals surface area contributed by atoms with Crippen LogP contribution in [0, 0.1) is 20.8 Å². The largest absolute Gasteiger partial charge is 0.384 e. The normalized spacial score (nSPS) is 10.9. The molecule has 6 nitrogen and oxygen atoms in total. The van der Waals surface area contributed by atoms with Crippen LogP contribution in [-0.2, 0) is 0 Å². The minimum absolute atomic E-state index is 0.251. The van der Waals surface area contributed by atoms with Crippen molar-refractivity contribution < 1.29 is 4.79 Å². The van der Waals surface area contributed by atoms with E-state index in [0.717, 1.165) is 22.5 Å². The summed E-state index contributed by atoms with van der Waals surface area (Å²) in [5.41, 5.74) is 10.4. The molecular weight excluding hydrogens is 278 g/mol. The van der Waals surface area contributed by atoms with Gasteiger partial charge < -0.3 is 11.1 Å². The summed E-state index contributed by atoms with van der Waals surface area (Å²) in [5, 5.41) is 7.02. The van der Waals surface area contributed by atoms with Crippen molar-refractivity contribution in [3.63, 3.8) is 0 Å². The van der Waals surface area contributed by atoms with Crippen molar-refractivity contribution in [2.75, 3.05) is 11.1 Å². The van der Waals surface area contributed by atoms with Gasteiger partial charge in [-0.15, -0.1) is 0 Å². The molecule has 1 aromatic carbocycles. The van der Waals surface area contributed by atoms with Gasteiger partial charge in [0.25, 0.3) is 5.91 Å². The zero-order valence-electron chi connectivity index (χ0n) is 12.7. The second-order valence-corrected chi connectivity index (χ2v) is 5.39. The van der Waals surface area contributed by atoms with Gasteiger partial charge in [0.05, 0.1) is 6.20 Å². The van der Waals surface area contributed by atoms with Gasteiger partial charge in [0.2, 0.25) is 0 Å². The molecule has 3 rings (SSSR count). The minimum atomic E-state index is -0.251. The summed E-state index contributed by atoms with van der Waals surface area (Å²) < 4.78 is 1.46. The molecule has 6 heteroatoms. The molecule has 0 spiro atoms. The van der Waals surface area contributed by atoms with Crippen molar-refractivity contribution >= 4 is 23.1 Å². The lowest BCUT2D eigenvalue weighted by Gasteiger charge is -2.08. The van der Waals surface area contributed by atoms with Crippen LogP contribution in [0.15, 0.2) is 30.5 Å². The number of benzene rings is 1. The predicted octanol–water partition coefficient (Wildman–Crippen LogP) is 2.49. The van der Waals surface area contributed by atoms with Crippen LogP contribution in [0.4, 0.5) is 11.5 Å². The molecule has 0 atom stereocenters.